The lowest BCUT2D eigenvalue weighted by atomic mass is 9.68. The van der Waals surface area contributed by atoms with Crippen molar-refractivity contribution in [2.75, 3.05) is 19.6 Å². The number of nitrogens with two attached hydrogens (primary N) is 1. The van der Waals surface area contributed by atoms with Gasteiger partial charge < -0.3 is 5.73 Å². The van der Waals surface area contributed by atoms with Gasteiger partial charge in [0.05, 0.1) is 0 Å². The summed E-state index contributed by atoms with van der Waals surface area (Å²) >= 11 is 0. The Labute approximate surface area is 120 Å². The van der Waals surface area contributed by atoms with Gasteiger partial charge in [-0.3, -0.25) is 4.90 Å². The SMILES string of the molecule is CCCC1CCN(C2(CN)CCC(C)CC2C)CC1. The van der Waals surface area contributed by atoms with Crippen LogP contribution in [-0.4, -0.2) is 30.1 Å². The summed E-state index contributed by atoms with van der Waals surface area (Å²) in [5.74, 6) is 2.64. The van der Waals surface area contributed by atoms with Crippen molar-refractivity contribution >= 4 is 0 Å². The molecule has 2 N–H and O–H groups in total. The molecule has 0 aromatic rings. The van der Waals surface area contributed by atoms with Crippen LogP contribution in [0.1, 0.15) is 65.7 Å². The van der Waals surface area contributed by atoms with E-state index in [1.54, 1.807) is 0 Å². The Kier molecular flexibility index (Phi) is 5.30. The molecule has 1 saturated heterocycles. The molecule has 0 spiro atoms. The van der Waals surface area contributed by atoms with Gasteiger partial charge in [0, 0.05) is 12.1 Å². The molecule has 2 nitrogen and oxygen atoms in total. The zero-order valence-electron chi connectivity index (χ0n) is 13.3. The predicted molar refractivity (Wildman–Crippen MR) is 83.2 cm³/mol. The number of nitrogens with zero attached hydrogens (tertiary/aromatic N) is 1. The number of hydrogen-bond donors (Lipinski definition) is 1. The highest BCUT2D eigenvalue weighted by Gasteiger charge is 2.44. The number of piperidine rings is 1. The quantitative estimate of drug-likeness (QED) is 0.841. The summed E-state index contributed by atoms with van der Waals surface area (Å²) in [6, 6.07) is 0. The molecule has 2 heteroatoms. The molecule has 2 rings (SSSR count). The van der Waals surface area contributed by atoms with Gasteiger partial charge in [0.1, 0.15) is 0 Å². The monoisotopic (exact) mass is 266 g/mol. The molecular formula is C17H34N2. The van der Waals surface area contributed by atoms with Crippen molar-refractivity contribution in [2.24, 2.45) is 23.5 Å². The van der Waals surface area contributed by atoms with E-state index < -0.39 is 0 Å². The van der Waals surface area contributed by atoms with Gasteiger partial charge >= 0.3 is 0 Å². The van der Waals surface area contributed by atoms with E-state index in [4.69, 9.17) is 5.73 Å². The van der Waals surface area contributed by atoms with Crippen molar-refractivity contribution < 1.29 is 0 Å². The lowest BCUT2D eigenvalue weighted by molar-refractivity contribution is -0.0213. The molecule has 1 saturated carbocycles. The summed E-state index contributed by atoms with van der Waals surface area (Å²) < 4.78 is 0. The molecule has 1 aliphatic carbocycles. The van der Waals surface area contributed by atoms with Crippen LogP contribution in [0.5, 0.6) is 0 Å². The van der Waals surface area contributed by atoms with E-state index >= 15 is 0 Å². The molecule has 2 aliphatic rings. The topological polar surface area (TPSA) is 29.3 Å². The van der Waals surface area contributed by atoms with Crippen molar-refractivity contribution in [1.82, 2.24) is 4.90 Å². The van der Waals surface area contributed by atoms with Gasteiger partial charge in [-0.2, -0.15) is 0 Å². The minimum absolute atomic E-state index is 0.323. The average Bonchev–Trinajstić information content (AvgIpc) is 2.41. The third-order valence-electron chi connectivity index (χ3n) is 6.04. The standard InChI is InChI=1S/C17H34N2/c1-4-5-16-7-10-19(11-8-16)17(13-18)9-6-14(2)12-15(17)3/h14-16H,4-13,18H2,1-3H3. The van der Waals surface area contributed by atoms with Crippen LogP contribution in [0.3, 0.4) is 0 Å². The van der Waals surface area contributed by atoms with E-state index in [1.165, 1.54) is 58.0 Å². The van der Waals surface area contributed by atoms with Crippen molar-refractivity contribution in [2.45, 2.75) is 71.3 Å². The molecule has 1 aliphatic heterocycles. The summed E-state index contributed by atoms with van der Waals surface area (Å²) in [5.41, 5.74) is 6.58. The molecule has 0 aromatic heterocycles. The Balaban J connectivity index is 1.98. The Hall–Kier alpha value is -0.0800. The highest BCUT2D eigenvalue weighted by Crippen LogP contribution is 2.42. The molecule has 19 heavy (non-hydrogen) atoms. The van der Waals surface area contributed by atoms with Gasteiger partial charge in [-0.15, -0.1) is 0 Å². The van der Waals surface area contributed by atoms with Gasteiger partial charge in [0.2, 0.25) is 0 Å². The van der Waals surface area contributed by atoms with Gasteiger partial charge in [0.25, 0.3) is 0 Å². The Morgan fingerprint density at radius 1 is 1.16 bits per heavy atom. The van der Waals surface area contributed by atoms with Crippen LogP contribution in [0.2, 0.25) is 0 Å². The van der Waals surface area contributed by atoms with Crippen molar-refractivity contribution in [3.05, 3.63) is 0 Å². The first-order valence-corrected chi connectivity index (χ1v) is 8.57. The normalized spacial score (nSPS) is 38.5. The first-order chi connectivity index (χ1) is 9.12. The van der Waals surface area contributed by atoms with Crippen molar-refractivity contribution in [1.29, 1.82) is 0 Å². The second-order valence-corrected chi connectivity index (χ2v) is 7.31. The second kappa shape index (κ2) is 6.58. The minimum atomic E-state index is 0.323. The van der Waals surface area contributed by atoms with E-state index in [-0.39, 0.29) is 0 Å². The van der Waals surface area contributed by atoms with Gasteiger partial charge in [-0.05, 0) is 62.9 Å². The van der Waals surface area contributed by atoms with E-state index in [1.807, 2.05) is 0 Å². The minimum Gasteiger partial charge on any atom is -0.329 e. The number of likely N-dealkylation sites (tertiary alicyclic amines) is 1. The Bertz CT molecular complexity index is 270. The Morgan fingerprint density at radius 2 is 1.84 bits per heavy atom. The molecule has 0 radical (unpaired) electrons. The maximum atomic E-state index is 6.26. The second-order valence-electron chi connectivity index (χ2n) is 7.31. The van der Waals surface area contributed by atoms with Crippen LogP contribution < -0.4 is 5.73 Å². The van der Waals surface area contributed by atoms with E-state index in [2.05, 4.69) is 25.7 Å². The van der Waals surface area contributed by atoms with Crippen LogP contribution in [0.25, 0.3) is 0 Å². The molecule has 0 bridgehead atoms. The molecule has 3 atom stereocenters. The molecule has 0 aromatic carbocycles. The smallest absolute Gasteiger partial charge is 0.0357 e. The summed E-state index contributed by atoms with van der Waals surface area (Å²) in [5, 5.41) is 0. The summed E-state index contributed by atoms with van der Waals surface area (Å²) in [4.78, 5) is 2.77. The molecule has 3 unspecified atom stereocenters. The third-order valence-corrected chi connectivity index (χ3v) is 6.04. The summed E-state index contributed by atoms with van der Waals surface area (Å²) in [6.07, 6.45) is 9.64. The predicted octanol–water partition coefficient (Wildman–Crippen LogP) is 3.65. The van der Waals surface area contributed by atoms with Crippen LogP contribution >= 0.6 is 0 Å². The third kappa shape index (κ3) is 3.16. The van der Waals surface area contributed by atoms with Crippen LogP contribution in [0.4, 0.5) is 0 Å². The van der Waals surface area contributed by atoms with Crippen molar-refractivity contribution in [3.8, 4) is 0 Å². The Morgan fingerprint density at radius 3 is 2.37 bits per heavy atom. The highest BCUT2D eigenvalue weighted by molar-refractivity contribution is 5.00. The molecular weight excluding hydrogens is 232 g/mol. The largest absolute Gasteiger partial charge is 0.329 e. The summed E-state index contributed by atoms with van der Waals surface area (Å²) in [7, 11) is 0. The summed E-state index contributed by atoms with van der Waals surface area (Å²) in [6.45, 7) is 10.6. The lowest BCUT2D eigenvalue weighted by Crippen LogP contribution is -2.61. The van der Waals surface area contributed by atoms with Gasteiger partial charge in [-0.25, -0.2) is 0 Å². The lowest BCUT2D eigenvalue weighted by Gasteiger charge is -2.53. The van der Waals surface area contributed by atoms with E-state index in [9.17, 15) is 0 Å². The zero-order chi connectivity index (χ0) is 13.9. The van der Waals surface area contributed by atoms with Crippen LogP contribution in [0.15, 0.2) is 0 Å². The first kappa shape index (κ1) is 15.3. The fraction of sp³-hybridized carbons (Fsp3) is 1.00. The molecule has 2 fully saturated rings. The maximum Gasteiger partial charge on any atom is 0.0357 e. The van der Waals surface area contributed by atoms with E-state index in [0.29, 0.717) is 5.54 Å². The van der Waals surface area contributed by atoms with Crippen molar-refractivity contribution in [3.63, 3.8) is 0 Å². The first-order valence-electron chi connectivity index (χ1n) is 8.57. The molecule has 1 heterocycles. The fourth-order valence-electron chi connectivity index (χ4n) is 4.66. The average molecular weight is 266 g/mol. The van der Waals surface area contributed by atoms with E-state index in [0.717, 1.165) is 24.3 Å². The highest BCUT2D eigenvalue weighted by atomic mass is 15.2. The zero-order valence-corrected chi connectivity index (χ0v) is 13.3. The molecule has 112 valence electrons. The fourth-order valence-corrected chi connectivity index (χ4v) is 4.66. The maximum absolute atomic E-state index is 6.26. The number of hydrogen-bond acceptors (Lipinski definition) is 2. The van der Waals surface area contributed by atoms with Gasteiger partial charge in [0.15, 0.2) is 0 Å². The van der Waals surface area contributed by atoms with Crippen LogP contribution in [0, 0.1) is 17.8 Å². The number of rotatable bonds is 4. The molecule has 0 amide bonds. The van der Waals surface area contributed by atoms with Crippen LogP contribution in [-0.2, 0) is 0 Å². The van der Waals surface area contributed by atoms with Gasteiger partial charge in [-0.1, -0.05) is 33.6 Å².